The van der Waals surface area contributed by atoms with Crippen LogP contribution in [0, 0.1) is 5.92 Å². The van der Waals surface area contributed by atoms with Crippen molar-refractivity contribution in [1.82, 2.24) is 4.90 Å². The summed E-state index contributed by atoms with van der Waals surface area (Å²) in [6.07, 6.45) is 3.35. The van der Waals surface area contributed by atoms with Crippen molar-refractivity contribution in [3.63, 3.8) is 0 Å². The first-order chi connectivity index (χ1) is 7.50. The molecule has 0 spiro atoms. The van der Waals surface area contributed by atoms with Crippen molar-refractivity contribution >= 4 is 21.8 Å². The molecule has 16 heavy (non-hydrogen) atoms. The van der Waals surface area contributed by atoms with Crippen molar-refractivity contribution < 1.29 is 9.53 Å². The zero-order chi connectivity index (χ0) is 11.8. The van der Waals surface area contributed by atoms with Crippen molar-refractivity contribution in [3.05, 3.63) is 0 Å². The van der Waals surface area contributed by atoms with Crippen molar-refractivity contribution in [2.75, 3.05) is 18.4 Å². The Bertz CT molecular complexity index is 276. The molecule has 1 amide bonds. The van der Waals surface area contributed by atoms with Gasteiger partial charge in [0.05, 0.1) is 11.7 Å². The second-order valence-electron chi connectivity index (χ2n) is 5.58. The number of amides is 1. The first-order valence-electron chi connectivity index (χ1n) is 6.02. The van der Waals surface area contributed by atoms with E-state index in [0.717, 1.165) is 24.8 Å². The zero-order valence-electron chi connectivity index (χ0n) is 10.0. The summed E-state index contributed by atoms with van der Waals surface area (Å²) >= 11 is 3.44. The van der Waals surface area contributed by atoms with Gasteiger partial charge in [-0.1, -0.05) is 15.9 Å². The number of carbonyl (C=O) groups excluding carboxylic acids is 1. The van der Waals surface area contributed by atoms with Crippen LogP contribution < -0.4 is 0 Å². The molecule has 1 saturated carbocycles. The van der Waals surface area contributed by atoms with Crippen LogP contribution in [0.4, 0.5) is 0 Å². The minimum atomic E-state index is -0.212. The Morgan fingerprint density at radius 3 is 2.75 bits per heavy atom. The summed E-state index contributed by atoms with van der Waals surface area (Å²) in [5, 5.41) is 0.795. The predicted octanol–water partition coefficient (Wildman–Crippen LogP) is 2.19. The Morgan fingerprint density at radius 1 is 1.50 bits per heavy atom. The Kier molecular flexibility index (Phi) is 3.59. The summed E-state index contributed by atoms with van der Waals surface area (Å²) in [4.78, 5) is 14.0. The standard InChI is InChI=1S/C12H20BrNO2/c1-12(2)8-14(7-10(6-13)16-12)11(15)5-9-3-4-9/h9-10H,3-8H2,1-2H3. The van der Waals surface area contributed by atoms with Gasteiger partial charge in [0, 0.05) is 24.8 Å². The van der Waals surface area contributed by atoms with Crippen LogP contribution >= 0.6 is 15.9 Å². The quantitative estimate of drug-likeness (QED) is 0.746. The third-order valence-electron chi connectivity index (χ3n) is 3.17. The molecule has 1 heterocycles. The summed E-state index contributed by atoms with van der Waals surface area (Å²) in [5.41, 5.74) is -0.212. The van der Waals surface area contributed by atoms with Crippen LogP contribution in [-0.4, -0.2) is 40.9 Å². The predicted molar refractivity (Wildman–Crippen MR) is 66.7 cm³/mol. The molecule has 1 aliphatic carbocycles. The average molecular weight is 290 g/mol. The number of carbonyl (C=O) groups is 1. The molecule has 2 aliphatic rings. The normalized spacial score (nSPS) is 29.2. The fraction of sp³-hybridized carbons (Fsp3) is 0.917. The maximum Gasteiger partial charge on any atom is 0.223 e. The fourth-order valence-corrected chi connectivity index (χ4v) is 2.60. The molecule has 1 aliphatic heterocycles. The van der Waals surface area contributed by atoms with E-state index >= 15 is 0 Å². The highest BCUT2D eigenvalue weighted by Gasteiger charge is 2.36. The molecule has 2 fully saturated rings. The number of halogens is 1. The molecule has 0 radical (unpaired) electrons. The van der Waals surface area contributed by atoms with E-state index in [4.69, 9.17) is 4.74 Å². The van der Waals surface area contributed by atoms with Gasteiger partial charge in [-0.2, -0.15) is 0 Å². The number of nitrogens with zero attached hydrogens (tertiary/aromatic N) is 1. The summed E-state index contributed by atoms with van der Waals surface area (Å²) in [6, 6.07) is 0. The van der Waals surface area contributed by atoms with Crippen LogP contribution in [-0.2, 0) is 9.53 Å². The van der Waals surface area contributed by atoms with Crippen LogP contribution in [0.5, 0.6) is 0 Å². The Hall–Kier alpha value is -0.0900. The minimum Gasteiger partial charge on any atom is -0.368 e. The van der Waals surface area contributed by atoms with Gasteiger partial charge in [-0.25, -0.2) is 0 Å². The highest BCUT2D eigenvalue weighted by atomic mass is 79.9. The Morgan fingerprint density at radius 2 is 2.19 bits per heavy atom. The highest BCUT2D eigenvalue weighted by Crippen LogP contribution is 2.33. The van der Waals surface area contributed by atoms with Gasteiger partial charge in [-0.05, 0) is 32.6 Å². The molecule has 0 aromatic rings. The molecular weight excluding hydrogens is 270 g/mol. The number of alkyl halides is 1. The van der Waals surface area contributed by atoms with Gasteiger partial charge < -0.3 is 9.64 Å². The van der Waals surface area contributed by atoms with Gasteiger partial charge in [0.15, 0.2) is 0 Å². The smallest absolute Gasteiger partial charge is 0.223 e. The molecule has 0 bridgehead atoms. The van der Waals surface area contributed by atoms with E-state index in [1.807, 2.05) is 4.90 Å². The van der Waals surface area contributed by atoms with Gasteiger partial charge in [-0.3, -0.25) is 4.79 Å². The molecule has 0 aromatic carbocycles. The first-order valence-corrected chi connectivity index (χ1v) is 7.14. The second kappa shape index (κ2) is 4.65. The van der Waals surface area contributed by atoms with Crippen LogP contribution in [0.3, 0.4) is 0 Å². The van der Waals surface area contributed by atoms with Gasteiger partial charge >= 0.3 is 0 Å². The van der Waals surface area contributed by atoms with Crippen molar-refractivity contribution in [2.45, 2.75) is 44.8 Å². The maximum absolute atomic E-state index is 12.1. The van der Waals surface area contributed by atoms with E-state index in [0.29, 0.717) is 11.8 Å². The van der Waals surface area contributed by atoms with Crippen LogP contribution in [0.15, 0.2) is 0 Å². The average Bonchev–Trinajstić information content (AvgIpc) is 2.99. The lowest BCUT2D eigenvalue weighted by atomic mass is 10.0. The fourth-order valence-electron chi connectivity index (χ4n) is 2.26. The first kappa shape index (κ1) is 12.4. The van der Waals surface area contributed by atoms with Gasteiger partial charge in [0.2, 0.25) is 5.91 Å². The summed E-state index contributed by atoms with van der Waals surface area (Å²) in [7, 11) is 0. The monoisotopic (exact) mass is 289 g/mol. The molecule has 3 nitrogen and oxygen atoms in total. The molecule has 1 atom stereocenters. The van der Waals surface area contributed by atoms with E-state index in [2.05, 4.69) is 29.8 Å². The van der Waals surface area contributed by atoms with E-state index in [1.165, 1.54) is 12.8 Å². The number of rotatable bonds is 3. The number of hydrogen-bond acceptors (Lipinski definition) is 2. The second-order valence-corrected chi connectivity index (χ2v) is 6.22. The lowest BCUT2D eigenvalue weighted by Crippen LogP contribution is -2.55. The maximum atomic E-state index is 12.1. The van der Waals surface area contributed by atoms with Crippen LogP contribution in [0.25, 0.3) is 0 Å². The summed E-state index contributed by atoms with van der Waals surface area (Å²) in [6.45, 7) is 5.57. The van der Waals surface area contributed by atoms with Crippen molar-refractivity contribution in [2.24, 2.45) is 5.92 Å². The molecule has 1 saturated heterocycles. The van der Waals surface area contributed by atoms with E-state index < -0.39 is 0 Å². The van der Waals surface area contributed by atoms with Gasteiger partial charge in [-0.15, -0.1) is 0 Å². The van der Waals surface area contributed by atoms with Crippen LogP contribution in [0.1, 0.15) is 33.1 Å². The van der Waals surface area contributed by atoms with E-state index in [-0.39, 0.29) is 11.7 Å². The number of hydrogen-bond donors (Lipinski definition) is 0. The molecular formula is C12H20BrNO2. The van der Waals surface area contributed by atoms with E-state index in [9.17, 15) is 4.79 Å². The van der Waals surface area contributed by atoms with Gasteiger partial charge in [0.25, 0.3) is 0 Å². The van der Waals surface area contributed by atoms with Crippen molar-refractivity contribution in [3.8, 4) is 0 Å². The topological polar surface area (TPSA) is 29.5 Å². The molecule has 92 valence electrons. The summed E-state index contributed by atoms with van der Waals surface area (Å²) < 4.78 is 5.88. The number of ether oxygens (including phenoxy) is 1. The molecule has 2 rings (SSSR count). The summed E-state index contributed by atoms with van der Waals surface area (Å²) in [5.74, 6) is 0.978. The largest absolute Gasteiger partial charge is 0.368 e. The van der Waals surface area contributed by atoms with E-state index in [1.54, 1.807) is 0 Å². The lowest BCUT2D eigenvalue weighted by molar-refractivity contribution is -0.157. The third kappa shape index (κ3) is 3.20. The third-order valence-corrected chi connectivity index (χ3v) is 3.89. The number of morpholine rings is 1. The molecule has 0 aromatic heterocycles. The van der Waals surface area contributed by atoms with Gasteiger partial charge in [0.1, 0.15) is 0 Å². The minimum absolute atomic E-state index is 0.131. The molecule has 0 N–H and O–H groups in total. The lowest BCUT2D eigenvalue weighted by Gasteiger charge is -2.42. The van der Waals surface area contributed by atoms with Crippen LogP contribution in [0.2, 0.25) is 0 Å². The Balaban J connectivity index is 1.94. The zero-order valence-corrected chi connectivity index (χ0v) is 11.6. The SMILES string of the molecule is CC1(C)CN(C(=O)CC2CC2)CC(CBr)O1. The Labute approximate surface area is 106 Å². The molecule has 4 heteroatoms. The highest BCUT2D eigenvalue weighted by molar-refractivity contribution is 9.09. The van der Waals surface area contributed by atoms with Crippen molar-refractivity contribution in [1.29, 1.82) is 0 Å². The molecule has 1 unspecified atom stereocenters.